The summed E-state index contributed by atoms with van der Waals surface area (Å²) in [4.78, 5) is 0. The lowest BCUT2D eigenvalue weighted by Gasteiger charge is -2.18. The van der Waals surface area contributed by atoms with Gasteiger partial charge in [-0.1, -0.05) is 41.9 Å². The molecule has 0 aliphatic rings. The Morgan fingerprint density at radius 1 is 1.29 bits per heavy atom. The van der Waals surface area contributed by atoms with Crippen molar-refractivity contribution in [2.75, 3.05) is 19.8 Å². The number of halogens is 1. The van der Waals surface area contributed by atoms with Gasteiger partial charge < -0.3 is 15.2 Å². The molecule has 2 N–H and O–H groups in total. The van der Waals surface area contributed by atoms with Crippen molar-refractivity contribution < 1.29 is 9.84 Å². The van der Waals surface area contributed by atoms with Gasteiger partial charge in [-0.25, -0.2) is 0 Å². The standard InChI is InChI=1S/C17H28BrNO2/c1-13(2)6-5-9-21-12-17(20)11-19-14(3)15-7-4-8-16(18)10-15/h4,7-8,10,13-14,17,19-20H,5-6,9,11-12H2,1-3H3/t14-,17?/m1/s1. The van der Waals surface area contributed by atoms with Crippen molar-refractivity contribution >= 4 is 15.9 Å². The normalized spacial score (nSPS) is 14.4. The van der Waals surface area contributed by atoms with E-state index in [2.05, 4.69) is 54.2 Å². The van der Waals surface area contributed by atoms with Crippen LogP contribution < -0.4 is 5.32 Å². The van der Waals surface area contributed by atoms with E-state index in [0.717, 1.165) is 17.5 Å². The summed E-state index contributed by atoms with van der Waals surface area (Å²) in [6.45, 7) is 8.19. The molecular formula is C17H28BrNO2. The van der Waals surface area contributed by atoms with Crippen LogP contribution in [0.25, 0.3) is 0 Å². The molecule has 1 aromatic carbocycles. The second-order valence-electron chi connectivity index (χ2n) is 5.95. The van der Waals surface area contributed by atoms with E-state index in [4.69, 9.17) is 4.74 Å². The fourth-order valence-electron chi connectivity index (χ4n) is 2.08. The molecule has 1 unspecified atom stereocenters. The number of hydrogen-bond acceptors (Lipinski definition) is 3. The SMILES string of the molecule is CC(C)CCCOCC(O)CN[C@H](C)c1cccc(Br)c1. The molecule has 0 amide bonds. The van der Waals surface area contributed by atoms with E-state index >= 15 is 0 Å². The molecule has 120 valence electrons. The van der Waals surface area contributed by atoms with Crippen LogP contribution in [0.5, 0.6) is 0 Å². The van der Waals surface area contributed by atoms with Gasteiger partial charge in [0.25, 0.3) is 0 Å². The molecule has 0 aromatic heterocycles. The fraction of sp³-hybridized carbons (Fsp3) is 0.647. The largest absolute Gasteiger partial charge is 0.389 e. The summed E-state index contributed by atoms with van der Waals surface area (Å²) in [6, 6.07) is 8.41. The van der Waals surface area contributed by atoms with Crippen LogP contribution in [0.4, 0.5) is 0 Å². The molecule has 0 fully saturated rings. The van der Waals surface area contributed by atoms with E-state index in [1.807, 2.05) is 12.1 Å². The van der Waals surface area contributed by atoms with Gasteiger partial charge in [0.05, 0.1) is 12.7 Å². The van der Waals surface area contributed by atoms with Crippen LogP contribution in [0.2, 0.25) is 0 Å². The number of benzene rings is 1. The lowest BCUT2D eigenvalue weighted by Crippen LogP contribution is -2.32. The van der Waals surface area contributed by atoms with Gasteiger partial charge >= 0.3 is 0 Å². The minimum Gasteiger partial charge on any atom is -0.389 e. The first kappa shape index (κ1) is 18.6. The molecule has 2 atom stereocenters. The van der Waals surface area contributed by atoms with Gasteiger partial charge in [0, 0.05) is 23.7 Å². The molecule has 21 heavy (non-hydrogen) atoms. The highest BCUT2D eigenvalue weighted by molar-refractivity contribution is 9.10. The third-order valence-corrected chi connectivity index (χ3v) is 3.88. The summed E-state index contributed by atoms with van der Waals surface area (Å²) in [7, 11) is 0. The first-order valence-electron chi connectivity index (χ1n) is 7.73. The Morgan fingerprint density at radius 2 is 2.05 bits per heavy atom. The number of ether oxygens (including phenoxy) is 1. The van der Waals surface area contributed by atoms with Crippen molar-refractivity contribution in [1.82, 2.24) is 5.32 Å². The Hall–Kier alpha value is -0.420. The Balaban J connectivity index is 2.16. The van der Waals surface area contributed by atoms with Crippen LogP contribution in [0, 0.1) is 5.92 Å². The smallest absolute Gasteiger partial charge is 0.0897 e. The van der Waals surface area contributed by atoms with Crippen molar-refractivity contribution in [2.45, 2.75) is 45.8 Å². The Labute approximate surface area is 137 Å². The highest BCUT2D eigenvalue weighted by Crippen LogP contribution is 2.17. The molecule has 0 spiro atoms. The highest BCUT2D eigenvalue weighted by atomic mass is 79.9. The number of nitrogens with one attached hydrogen (secondary N) is 1. The van der Waals surface area contributed by atoms with Crippen LogP contribution in [0.1, 0.15) is 45.2 Å². The van der Waals surface area contributed by atoms with Gasteiger partial charge in [-0.2, -0.15) is 0 Å². The van der Waals surface area contributed by atoms with E-state index in [9.17, 15) is 5.11 Å². The van der Waals surface area contributed by atoms with Crippen molar-refractivity contribution in [2.24, 2.45) is 5.92 Å². The van der Waals surface area contributed by atoms with Gasteiger partial charge in [-0.05, 0) is 43.4 Å². The van der Waals surface area contributed by atoms with Crippen LogP contribution in [0.3, 0.4) is 0 Å². The maximum absolute atomic E-state index is 9.91. The molecule has 4 heteroatoms. The van der Waals surface area contributed by atoms with Gasteiger partial charge in [-0.3, -0.25) is 0 Å². The van der Waals surface area contributed by atoms with Crippen LogP contribution in [0.15, 0.2) is 28.7 Å². The summed E-state index contributed by atoms with van der Waals surface area (Å²) in [5.41, 5.74) is 1.20. The zero-order valence-electron chi connectivity index (χ0n) is 13.3. The average molecular weight is 358 g/mol. The molecule has 0 aliphatic carbocycles. The number of aliphatic hydroxyl groups is 1. The lowest BCUT2D eigenvalue weighted by atomic mass is 10.1. The molecule has 1 aromatic rings. The Morgan fingerprint density at radius 3 is 2.71 bits per heavy atom. The zero-order chi connectivity index (χ0) is 15.7. The monoisotopic (exact) mass is 357 g/mol. The minimum atomic E-state index is -0.460. The molecule has 0 heterocycles. The molecule has 0 aliphatic heterocycles. The second kappa shape index (κ2) is 10.3. The van der Waals surface area contributed by atoms with Crippen molar-refractivity contribution in [1.29, 1.82) is 0 Å². The molecule has 0 saturated heterocycles. The van der Waals surface area contributed by atoms with Gasteiger partial charge in [0.2, 0.25) is 0 Å². The van der Waals surface area contributed by atoms with Gasteiger partial charge in [0.1, 0.15) is 0 Å². The van der Waals surface area contributed by atoms with Gasteiger partial charge in [-0.15, -0.1) is 0 Å². The summed E-state index contributed by atoms with van der Waals surface area (Å²) in [6.07, 6.45) is 1.78. The number of aliphatic hydroxyl groups excluding tert-OH is 1. The Bertz CT molecular complexity index is 398. The highest BCUT2D eigenvalue weighted by Gasteiger charge is 2.09. The maximum Gasteiger partial charge on any atom is 0.0897 e. The molecule has 0 saturated carbocycles. The van der Waals surface area contributed by atoms with Crippen molar-refractivity contribution in [3.8, 4) is 0 Å². The van der Waals surface area contributed by atoms with Gasteiger partial charge in [0.15, 0.2) is 0 Å². The summed E-state index contributed by atoms with van der Waals surface area (Å²) in [5.74, 6) is 0.714. The quantitative estimate of drug-likeness (QED) is 0.623. The first-order valence-corrected chi connectivity index (χ1v) is 8.53. The van der Waals surface area contributed by atoms with Crippen LogP contribution >= 0.6 is 15.9 Å². The van der Waals surface area contributed by atoms with E-state index in [1.165, 1.54) is 12.0 Å². The molecular weight excluding hydrogens is 330 g/mol. The number of rotatable bonds is 10. The van der Waals surface area contributed by atoms with Crippen molar-refractivity contribution in [3.63, 3.8) is 0 Å². The van der Waals surface area contributed by atoms with Crippen LogP contribution in [-0.2, 0) is 4.74 Å². The molecule has 0 bridgehead atoms. The predicted octanol–water partition coefficient (Wildman–Crippen LogP) is 3.91. The summed E-state index contributed by atoms with van der Waals surface area (Å²) in [5, 5.41) is 13.2. The van der Waals surface area contributed by atoms with Crippen LogP contribution in [-0.4, -0.2) is 31.0 Å². The van der Waals surface area contributed by atoms with E-state index in [0.29, 0.717) is 19.1 Å². The van der Waals surface area contributed by atoms with E-state index < -0.39 is 6.10 Å². The van der Waals surface area contributed by atoms with E-state index in [-0.39, 0.29) is 6.04 Å². The lowest BCUT2D eigenvalue weighted by molar-refractivity contribution is 0.0337. The average Bonchev–Trinajstić information content (AvgIpc) is 2.44. The van der Waals surface area contributed by atoms with Crippen molar-refractivity contribution in [3.05, 3.63) is 34.3 Å². The molecule has 1 rings (SSSR count). The maximum atomic E-state index is 9.91. The summed E-state index contributed by atoms with van der Waals surface area (Å²) >= 11 is 3.47. The third kappa shape index (κ3) is 8.57. The zero-order valence-corrected chi connectivity index (χ0v) is 14.9. The van der Waals surface area contributed by atoms with E-state index in [1.54, 1.807) is 0 Å². The predicted molar refractivity (Wildman–Crippen MR) is 91.5 cm³/mol. The topological polar surface area (TPSA) is 41.5 Å². The Kier molecular flexibility index (Phi) is 9.16. The minimum absolute atomic E-state index is 0.207. The third-order valence-electron chi connectivity index (χ3n) is 3.39. The summed E-state index contributed by atoms with van der Waals surface area (Å²) < 4.78 is 6.58. The molecule has 0 radical (unpaired) electrons. The molecule has 3 nitrogen and oxygen atoms in total. The second-order valence-corrected chi connectivity index (χ2v) is 6.87. The fourth-order valence-corrected chi connectivity index (χ4v) is 2.50. The number of hydrogen-bond donors (Lipinski definition) is 2. The first-order chi connectivity index (χ1) is 9.99.